The predicted molar refractivity (Wildman–Crippen MR) is 114 cm³/mol. The van der Waals surface area contributed by atoms with Gasteiger partial charge in [-0.05, 0) is 46.9 Å². The number of piperazine rings is 1. The lowest BCUT2D eigenvalue weighted by atomic mass is 9.97. The number of amides is 2. The van der Waals surface area contributed by atoms with Gasteiger partial charge in [-0.1, -0.05) is 18.2 Å². The van der Waals surface area contributed by atoms with Crippen molar-refractivity contribution in [2.75, 3.05) is 32.0 Å². The molecule has 3 heterocycles. The fraction of sp³-hybridized carbons (Fsp3) is 0.500. The van der Waals surface area contributed by atoms with Gasteiger partial charge >= 0.3 is 6.03 Å². The molecule has 7 heteroatoms. The molecule has 1 saturated heterocycles. The number of hydrogen-bond acceptors (Lipinski definition) is 5. The summed E-state index contributed by atoms with van der Waals surface area (Å²) in [6.45, 7) is 11.4. The van der Waals surface area contributed by atoms with E-state index >= 15 is 0 Å². The highest BCUT2D eigenvalue weighted by atomic mass is 16.2. The van der Waals surface area contributed by atoms with E-state index in [2.05, 4.69) is 49.9 Å². The number of carbonyl (C=O) groups is 1. The summed E-state index contributed by atoms with van der Waals surface area (Å²) in [4.78, 5) is 28.9. The number of para-hydroxylation sites is 1. The van der Waals surface area contributed by atoms with Crippen molar-refractivity contribution in [1.82, 2.24) is 24.7 Å². The third kappa shape index (κ3) is 3.55. The van der Waals surface area contributed by atoms with Crippen LogP contribution in [0.5, 0.6) is 0 Å². The molecule has 4 rings (SSSR count). The summed E-state index contributed by atoms with van der Waals surface area (Å²) in [7, 11) is 2.12. The Morgan fingerprint density at radius 2 is 1.83 bits per heavy atom. The largest absolute Gasteiger partial charge is 0.324 e. The van der Waals surface area contributed by atoms with Gasteiger partial charge in [0, 0.05) is 42.6 Å². The Morgan fingerprint density at radius 1 is 1.10 bits per heavy atom. The second-order valence-corrected chi connectivity index (χ2v) is 9.13. The Morgan fingerprint density at radius 3 is 2.52 bits per heavy atom. The molecule has 154 valence electrons. The molecule has 1 aromatic carbocycles. The summed E-state index contributed by atoms with van der Waals surface area (Å²) >= 11 is 0. The zero-order valence-corrected chi connectivity index (χ0v) is 17.9. The first-order valence-corrected chi connectivity index (χ1v) is 10.1. The number of anilines is 2. The van der Waals surface area contributed by atoms with Gasteiger partial charge in [-0.3, -0.25) is 4.90 Å². The van der Waals surface area contributed by atoms with Crippen molar-refractivity contribution >= 4 is 17.7 Å². The Bertz CT molecular complexity index is 911. The van der Waals surface area contributed by atoms with Crippen LogP contribution < -0.4 is 5.32 Å². The maximum absolute atomic E-state index is 13.4. The third-order valence-corrected chi connectivity index (χ3v) is 6.36. The summed E-state index contributed by atoms with van der Waals surface area (Å²) in [6.07, 6.45) is 1.86. The molecule has 29 heavy (non-hydrogen) atoms. The van der Waals surface area contributed by atoms with E-state index in [-0.39, 0.29) is 11.6 Å². The van der Waals surface area contributed by atoms with Crippen molar-refractivity contribution in [2.45, 2.75) is 45.3 Å². The number of nitrogens with zero attached hydrogens (tertiary/aromatic N) is 5. The standard InChI is InChI=1S/C22H30N6O/c1-21(2)15-27(12-11-26(21)5)20(29)28-14-18-17(22(28,3)4)13-23-19(25-18)24-16-9-7-6-8-10-16/h6-10,13H,11-12,14-15H2,1-5H3,(H,23,24,25). The summed E-state index contributed by atoms with van der Waals surface area (Å²) in [5.41, 5.74) is 2.39. The SMILES string of the molecule is CN1CCN(C(=O)N2Cc3nc(Nc4ccccc4)ncc3C2(C)C)CC1(C)C. The van der Waals surface area contributed by atoms with Crippen LogP contribution in [0.15, 0.2) is 36.5 Å². The minimum atomic E-state index is -0.439. The monoisotopic (exact) mass is 394 g/mol. The second kappa shape index (κ2) is 6.99. The zero-order valence-electron chi connectivity index (χ0n) is 17.9. The lowest BCUT2D eigenvalue weighted by molar-refractivity contribution is 0.0343. The van der Waals surface area contributed by atoms with E-state index in [4.69, 9.17) is 4.98 Å². The van der Waals surface area contributed by atoms with E-state index in [9.17, 15) is 4.79 Å². The van der Waals surface area contributed by atoms with E-state index in [1.165, 1.54) is 0 Å². The van der Waals surface area contributed by atoms with E-state index < -0.39 is 5.54 Å². The topological polar surface area (TPSA) is 64.6 Å². The Hall–Kier alpha value is -2.67. The van der Waals surface area contributed by atoms with Gasteiger partial charge in [0.1, 0.15) is 0 Å². The molecule has 0 radical (unpaired) electrons. The fourth-order valence-corrected chi connectivity index (χ4v) is 4.13. The smallest absolute Gasteiger partial charge is 0.321 e. The Balaban J connectivity index is 1.55. The highest BCUT2D eigenvalue weighted by Crippen LogP contribution is 2.39. The van der Waals surface area contributed by atoms with Crippen molar-refractivity contribution in [1.29, 1.82) is 0 Å². The van der Waals surface area contributed by atoms with Gasteiger partial charge in [-0.15, -0.1) is 0 Å². The van der Waals surface area contributed by atoms with E-state index in [0.29, 0.717) is 12.5 Å². The normalized spacial score (nSPS) is 20.4. The summed E-state index contributed by atoms with van der Waals surface area (Å²) in [5.74, 6) is 0.556. The molecule has 1 N–H and O–H groups in total. The van der Waals surface area contributed by atoms with Crippen LogP contribution >= 0.6 is 0 Å². The Kier molecular flexibility index (Phi) is 4.73. The average molecular weight is 395 g/mol. The summed E-state index contributed by atoms with van der Waals surface area (Å²) < 4.78 is 0. The van der Waals surface area contributed by atoms with Gasteiger partial charge in [0.15, 0.2) is 0 Å². The number of aromatic nitrogens is 2. The molecule has 0 spiro atoms. The molecule has 0 atom stereocenters. The van der Waals surface area contributed by atoms with Crippen molar-refractivity contribution in [2.24, 2.45) is 0 Å². The van der Waals surface area contributed by atoms with Crippen molar-refractivity contribution in [3.63, 3.8) is 0 Å². The number of carbonyl (C=O) groups excluding carboxylic acids is 1. The molecular weight excluding hydrogens is 364 g/mol. The van der Waals surface area contributed by atoms with Crippen LogP contribution in [0.3, 0.4) is 0 Å². The van der Waals surface area contributed by atoms with Gasteiger partial charge in [0.25, 0.3) is 0 Å². The number of hydrogen-bond donors (Lipinski definition) is 1. The van der Waals surface area contributed by atoms with Gasteiger partial charge in [0.05, 0.1) is 17.8 Å². The molecular formula is C22H30N6O. The van der Waals surface area contributed by atoms with Crippen molar-refractivity contribution in [3.8, 4) is 0 Å². The number of likely N-dealkylation sites (N-methyl/N-ethyl adjacent to an activating group) is 1. The van der Waals surface area contributed by atoms with E-state index in [1.807, 2.05) is 46.3 Å². The lowest BCUT2D eigenvalue weighted by Crippen LogP contribution is -2.61. The summed E-state index contributed by atoms with van der Waals surface area (Å²) in [5, 5.41) is 3.24. The first-order valence-electron chi connectivity index (χ1n) is 10.1. The maximum atomic E-state index is 13.4. The Labute approximate surface area is 172 Å². The maximum Gasteiger partial charge on any atom is 0.321 e. The minimum Gasteiger partial charge on any atom is -0.324 e. The first-order chi connectivity index (χ1) is 13.7. The van der Waals surface area contributed by atoms with Gasteiger partial charge in [-0.2, -0.15) is 0 Å². The number of benzene rings is 1. The van der Waals surface area contributed by atoms with Crippen LogP contribution in [0.2, 0.25) is 0 Å². The number of rotatable bonds is 2. The van der Waals surface area contributed by atoms with Crippen LogP contribution in [0.25, 0.3) is 0 Å². The van der Waals surface area contributed by atoms with Crippen LogP contribution in [0.1, 0.15) is 39.0 Å². The molecule has 2 aliphatic rings. The molecule has 2 aromatic rings. The average Bonchev–Trinajstić information content (AvgIpc) is 2.94. The number of urea groups is 1. The molecule has 0 saturated carbocycles. The second-order valence-electron chi connectivity index (χ2n) is 9.13. The quantitative estimate of drug-likeness (QED) is 0.846. The number of nitrogens with one attached hydrogen (secondary N) is 1. The van der Waals surface area contributed by atoms with Gasteiger partial charge < -0.3 is 15.1 Å². The highest BCUT2D eigenvalue weighted by molar-refractivity contribution is 5.77. The van der Waals surface area contributed by atoms with Crippen LogP contribution in [-0.2, 0) is 12.1 Å². The van der Waals surface area contributed by atoms with E-state index in [0.717, 1.165) is 36.6 Å². The van der Waals surface area contributed by atoms with Gasteiger partial charge in [0.2, 0.25) is 5.95 Å². The van der Waals surface area contributed by atoms with Gasteiger partial charge in [-0.25, -0.2) is 14.8 Å². The molecule has 1 fully saturated rings. The van der Waals surface area contributed by atoms with Crippen LogP contribution in [-0.4, -0.2) is 62.9 Å². The zero-order chi connectivity index (χ0) is 20.8. The molecule has 2 aliphatic heterocycles. The highest BCUT2D eigenvalue weighted by Gasteiger charge is 2.45. The lowest BCUT2D eigenvalue weighted by Gasteiger charge is -2.47. The third-order valence-electron chi connectivity index (χ3n) is 6.36. The predicted octanol–water partition coefficient (Wildman–Crippen LogP) is 3.42. The van der Waals surface area contributed by atoms with Crippen LogP contribution in [0.4, 0.5) is 16.4 Å². The molecule has 0 unspecified atom stereocenters. The molecule has 0 aliphatic carbocycles. The van der Waals surface area contributed by atoms with Crippen molar-refractivity contribution < 1.29 is 4.79 Å². The number of fused-ring (bicyclic) bond motifs is 1. The molecule has 1 aromatic heterocycles. The van der Waals surface area contributed by atoms with Crippen molar-refractivity contribution in [3.05, 3.63) is 47.8 Å². The molecule has 0 bridgehead atoms. The van der Waals surface area contributed by atoms with Crippen LogP contribution in [0, 0.1) is 0 Å². The molecule has 7 nitrogen and oxygen atoms in total. The van der Waals surface area contributed by atoms with E-state index in [1.54, 1.807) is 0 Å². The first kappa shape index (κ1) is 19.6. The fourth-order valence-electron chi connectivity index (χ4n) is 4.13. The summed E-state index contributed by atoms with van der Waals surface area (Å²) in [6, 6.07) is 9.94. The molecule has 2 amide bonds. The minimum absolute atomic E-state index is 0.0305.